The second kappa shape index (κ2) is 27.3. The average molecular weight is 859 g/mol. The number of aliphatic hydroxyl groups excluding tert-OH is 1. The van der Waals surface area contributed by atoms with Gasteiger partial charge in [0.15, 0.2) is 0 Å². The first kappa shape index (κ1) is 53.6. The Kier molecular flexibility index (Phi) is 24.4. The molecule has 338 valence electrons. The van der Waals surface area contributed by atoms with Crippen LogP contribution in [-0.2, 0) is 57.5 Å². The molecular formula is C34H58N12O14. The molecular weight excluding hydrogens is 800 g/mol. The third-order valence-electron chi connectivity index (χ3n) is 8.19. The van der Waals surface area contributed by atoms with E-state index in [9.17, 15) is 67.7 Å². The highest BCUT2D eigenvalue weighted by Gasteiger charge is 2.31. The van der Waals surface area contributed by atoms with Gasteiger partial charge in [0.2, 0.25) is 65.0 Å². The van der Waals surface area contributed by atoms with E-state index in [2.05, 4.69) is 42.5 Å². The lowest BCUT2D eigenvalue weighted by Gasteiger charge is -2.26. The number of nitrogens with one attached hydrogen (secondary N) is 8. The summed E-state index contributed by atoms with van der Waals surface area (Å²) < 4.78 is 0. The number of nitrogens with two attached hydrogens (primary N) is 4. The summed E-state index contributed by atoms with van der Waals surface area (Å²) in [5.41, 5.74) is 21.1. The van der Waals surface area contributed by atoms with Gasteiger partial charge in [-0.1, -0.05) is 13.8 Å². The van der Waals surface area contributed by atoms with Crippen LogP contribution in [0.1, 0.15) is 72.6 Å². The number of rotatable bonds is 29. The smallest absolute Gasteiger partial charge is 0.326 e. The number of carbonyl (C=O) groups excluding carboxylic acids is 11. The number of aliphatic carboxylic acids is 1. The zero-order valence-corrected chi connectivity index (χ0v) is 33.8. The maximum atomic E-state index is 13.3. The Hall–Kier alpha value is -6.44. The molecule has 0 spiro atoms. The van der Waals surface area contributed by atoms with E-state index in [0.717, 1.165) is 0 Å². The van der Waals surface area contributed by atoms with E-state index < -0.39 is 133 Å². The molecule has 0 saturated carbocycles. The van der Waals surface area contributed by atoms with E-state index >= 15 is 0 Å². The summed E-state index contributed by atoms with van der Waals surface area (Å²) in [5.74, 6) is -11.2. The molecule has 0 aromatic heterocycles. The van der Waals surface area contributed by atoms with Gasteiger partial charge in [-0.3, -0.25) is 52.7 Å². The van der Waals surface area contributed by atoms with Crippen LogP contribution >= 0.6 is 0 Å². The fourth-order valence-electron chi connectivity index (χ4n) is 4.84. The third kappa shape index (κ3) is 22.5. The van der Waals surface area contributed by atoms with Crippen molar-refractivity contribution in [3.05, 3.63) is 0 Å². The molecule has 0 saturated heterocycles. The minimum Gasteiger partial charge on any atom is -0.480 e. The van der Waals surface area contributed by atoms with E-state index in [1.807, 2.05) is 0 Å². The van der Waals surface area contributed by atoms with Crippen molar-refractivity contribution in [2.24, 2.45) is 28.9 Å². The molecule has 0 radical (unpaired) electrons. The summed E-state index contributed by atoms with van der Waals surface area (Å²) in [5, 5.41) is 37.0. The van der Waals surface area contributed by atoms with E-state index in [0.29, 0.717) is 0 Å². The molecule has 26 heteroatoms. The Morgan fingerprint density at radius 2 is 0.917 bits per heavy atom. The number of hydrogen-bond acceptors (Lipinski definition) is 14. The second-order valence-electron chi connectivity index (χ2n) is 14.0. The quantitative estimate of drug-likeness (QED) is 0.0332. The fraction of sp³-hybridized carbons (Fsp3) is 0.647. The molecule has 26 nitrogen and oxygen atoms in total. The Morgan fingerprint density at radius 1 is 0.483 bits per heavy atom. The van der Waals surface area contributed by atoms with Gasteiger partial charge in [-0.25, -0.2) is 4.79 Å². The summed E-state index contributed by atoms with van der Waals surface area (Å²) in [6, 6.07) is -9.65. The van der Waals surface area contributed by atoms with Crippen LogP contribution in [0.25, 0.3) is 0 Å². The molecule has 0 aromatic rings. The fourth-order valence-corrected chi connectivity index (χ4v) is 4.84. The Bertz CT molecular complexity index is 1590. The maximum absolute atomic E-state index is 13.3. The summed E-state index contributed by atoms with van der Waals surface area (Å²) in [4.78, 5) is 146. The van der Waals surface area contributed by atoms with Gasteiger partial charge in [-0.2, -0.15) is 0 Å². The Labute approximate surface area is 344 Å². The van der Waals surface area contributed by atoms with Gasteiger partial charge in [-0.15, -0.1) is 0 Å². The predicted molar refractivity (Wildman–Crippen MR) is 206 cm³/mol. The van der Waals surface area contributed by atoms with Crippen LogP contribution in [0.15, 0.2) is 0 Å². The van der Waals surface area contributed by atoms with Crippen LogP contribution < -0.4 is 65.5 Å². The van der Waals surface area contributed by atoms with Gasteiger partial charge >= 0.3 is 5.97 Å². The normalized spacial score (nSPS) is 14.2. The summed E-state index contributed by atoms with van der Waals surface area (Å²) in [6.45, 7) is 3.51. The largest absolute Gasteiger partial charge is 0.480 e. The first-order valence-electron chi connectivity index (χ1n) is 18.7. The highest BCUT2D eigenvalue weighted by Crippen LogP contribution is 2.08. The average Bonchev–Trinajstić information content (AvgIpc) is 3.15. The summed E-state index contributed by atoms with van der Waals surface area (Å²) >= 11 is 0. The minimum absolute atomic E-state index is 0.0879. The third-order valence-corrected chi connectivity index (χ3v) is 8.19. The van der Waals surface area contributed by atoms with E-state index in [4.69, 9.17) is 22.9 Å². The molecule has 18 N–H and O–H groups in total. The van der Waals surface area contributed by atoms with Gasteiger partial charge in [0.05, 0.1) is 25.7 Å². The first-order chi connectivity index (χ1) is 27.9. The lowest BCUT2D eigenvalue weighted by Crippen LogP contribution is -2.59. The molecule has 0 heterocycles. The number of hydrogen-bond donors (Lipinski definition) is 14. The zero-order chi connectivity index (χ0) is 46.3. The highest BCUT2D eigenvalue weighted by molar-refractivity contribution is 5.97. The van der Waals surface area contributed by atoms with Crippen LogP contribution in [0.3, 0.4) is 0 Å². The lowest BCUT2D eigenvalue weighted by atomic mass is 10.0. The van der Waals surface area contributed by atoms with Gasteiger partial charge in [0.1, 0.15) is 36.3 Å². The van der Waals surface area contributed by atoms with E-state index in [-0.39, 0.29) is 50.9 Å². The Morgan fingerprint density at radius 3 is 1.42 bits per heavy atom. The van der Waals surface area contributed by atoms with Crippen molar-refractivity contribution in [1.82, 2.24) is 42.5 Å². The van der Waals surface area contributed by atoms with Gasteiger partial charge < -0.3 is 75.7 Å². The standard InChI is InChI=1S/C34H58N12O14/c1-15(2)11-21(45-30(55)18(35)5-8-23(36)48)33(58)43-19(6-9-24(37)49)32(57)42-17(4)29(54)46-22(14-47)31(56)40-12-26(51)39-13-27(52)41-16(3)28(53)44-20(34(59)60)7-10-25(38)50/h15-22,47H,5-14,35H2,1-4H3,(H2,36,48)(H2,37,49)(H2,38,50)(H,39,51)(H,40,56)(H,41,52)(H,42,57)(H,43,58)(H,44,53)(H,45,55)(H,46,54)(H,59,60)/t16-,17-,18-,19-,20-,21-,22-/m0/s1. The van der Waals surface area contributed by atoms with Crippen LogP contribution in [-0.4, -0.2) is 143 Å². The first-order valence-corrected chi connectivity index (χ1v) is 18.7. The second-order valence-corrected chi connectivity index (χ2v) is 14.0. The molecule has 0 aliphatic heterocycles. The topological polar surface area (TPSA) is 446 Å². The molecule has 0 fully saturated rings. The van der Waals surface area contributed by atoms with Crippen molar-refractivity contribution < 1.29 is 67.7 Å². The van der Waals surface area contributed by atoms with E-state index in [1.54, 1.807) is 13.8 Å². The number of carboxylic acids is 1. The molecule has 11 amide bonds. The minimum atomic E-state index is -1.65. The summed E-state index contributed by atoms with van der Waals surface area (Å²) in [7, 11) is 0. The SMILES string of the molecule is CC(C)C[C@H](NC(=O)[C@@H](N)CCC(N)=O)C(=O)N[C@@H](CCC(N)=O)C(=O)N[C@@H](C)C(=O)N[C@@H](CO)C(=O)NCC(=O)NCC(=O)N[C@@H](C)C(=O)N[C@@H](CCC(N)=O)C(=O)O. The maximum Gasteiger partial charge on any atom is 0.326 e. The van der Waals surface area contributed by atoms with Crippen molar-refractivity contribution in [2.75, 3.05) is 19.7 Å². The van der Waals surface area contributed by atoms with Crippen molar-refractivity contribution in [3.63, 3.8) is 0 Å². The van der Waals surface area contributed by atoms with Crippen LogP contribution in [0.5, 0.6) is 0 Å². The Balaban J connectivity index is 5.30. The number of aliphatic hydroxyl groups is 1. The van der Waals surface area contributed by atoms with Crippen LogP contribution in [0, 0.1) is 5.92 Å². The number of carbonyl (C=O) groups is 12. The molecule has 0 bridgehead atoms. The van der Waals surface area contributed by atoms with Crippen molar-refractivity contribution in [2.45, 2.75) is 115 Å². The molecule has 0 aliphatic carbocycles. The predicted octanol–water partition coefficient (Wildman–Crippen LogP) is -7.59. The van der Waals surface area contributed by atoms with E-state index in [1.165, 1.54) is 13.8 Å². The summed E-state index contributed by atoms with van der Waals surface area (Å²) in [6.07, 6.45) is -1.51. The zero-order valence-electron chi connectivity index (χ0n) is 33.8. The molecule has 0 aliphatic rings. The molecule has 60 heavy (non-hydrogen) atoms. The van der Waals surface area contributed by atoms with Crippen molar-refractivity contribution in [3.8, 4) is 0 Å². The van der Waals surface area contributed by atoms with Gasteiger partial charge in [0.25, 0.3) is 0 Å². The molecule has 7 atom stereocenters. The van der Waals surface area contributed by atoms with Crippen molar-refractivity contribution in [1.29, 1.82) is 0 Å². The number of carboxylic acid groups (broad SMARTS) is 1. The molecule has 0 rings (SSSR count). The van der Waals surface area contributed by atoms with Crippen LogP contribution in [0.2, 0.25) is 0 Å². The highest BCUT2D eigenvalue weighted by atomic mass is 16.4. The monoisotopic (exact) mass is 858 g/mol. The molecule has 0 unspecified atom stereocenters. The molecule has 0 aromatic carbocycles. The van der Waals surface area contributed by atoms with Gasteiger partial charge in [-0.05, 0) is 45.4 Å². The van der Waals surface area contributed by atoms with Crippen LogP contribution in [0.4, 0.5) is 0 Å². The van der Waals surface area contributed by atoms with Crippen molar-refractivity contribution >= 4 is 70.9 Å². The number of primary amides is 3. The number of amides is 11. The lowest BCUT2D eigenvalue weighted by molar-refractivity contribution is -0.142. The van der Waals surface area contributed by atoms with Gasteiger partial charge in [0, 0.05) is 19.3 Å².